The summed E-state index contributed by atoms with van der Waals surface area (Å²) in [6.07, 6.45) is 0.890. The molecule has 0 spiro atoms. The molecule has 4 N–H and O–H groups in total. The topological polar surface area (TPSA) is 94.7 Å². The molecule has 1 saturated heterocycles. The van der Waals surface area contributed by atoms with Crippen LogP contribution in [-0.4, -0.2) is 49.1 Å². The zero-order valence-electron chi connectivity index (χ0n) is 15.1. The van der Waals surface area contributed by atoms with E-state index in [1.165, 1.54) is 0 Å². The van der Waals surface area contributed by atoms with Crippen LogP contribution in [0.2, 0.25) is 5.02 Å². The van der Waals surface area contributed by atoms with E-state index in [4.69, 9.17) is 16.3 Å². The van der Waals surface area contributed by atoms with Crippen LogP contribution in [0.4, 0.5) is 16.2 Å². The standard InChI is InChI=1S/C17H24ClN5O3/c1-9-12(10(2)22-21-9)4-5-23(3)17(25)19-11-6-13(18)16-14(7-11)20-15(24)8-26-16/h6-7,9-10,12,21-22H,4-5,8H2,1-3H3,(H,19,25)(H,20,24). The number of anilines is 2. The highest BCUT2D eigenvalue weighted by Gasteiger charge is 2.30. The number of halogens is 1. The molecule has 8 nitrogen and oxygen atoms in total. The number of rotatable bonds is 4. The number of hydrogen-bond donors (Lipinski definition) is 4. The number of nitrogens with zero attached hydrogens (tertiary/aromatic N) is 1. The first-order valence-corrected chi connectivity index (χ1v) is 9.02. The quantitative estimate of drug-likeness (QED) is 0.640. The van der Waals surface area contributed by atoms with E-state index >= 15 is 0 Å². The third kappa shape index (κ3) is 4.03. The zero-order chi connectivity index (χ0) is 18.8. The fourth-order valence-electron chi connectivity index (χ4n) is 3.30. The fraction of sp³-hybridized carbons (Fsp3) is 0.529. The lowest BCUT2D eigenvalue weighted by Crippen LogP contribution is -2.35. The molecule has 3 amide bonds. The number of carbonyl (C=O) groups excluding carboxylic acids is 2. The van der Waals surface area contributed by atoms with Gasteiger partial charge in [0.1, 0.15) is 0 Å². The Kier molecular flexibility index (Phi) is 5.55. The van der Waals surface area contributed by atoms with Gasteiger partial charge in [0, 0.05) is 31.4 Å². The number of benzene rings is 1. The number of hydrazine groups is 1. The maximum Gasteiger partial charge on any atom is 0.321 e. The van der Waals surface area contributed by atoms with Crippen LogP contribution < -0.4 is 26.2 Å². The van der Waals surface area contributed by atoms with Gasteiger partial charge in [0.15, 0.2) is 12.4 Å². The van der Waals surface area contributed by atoms with Gasteiger partial charge in [-0.05, 0) is 38.3 Å². The molecule has 2 aliphatic rings. The Balaban J connectivity index is 1.60. The molecule has 2 unspecified atom stereocenters. The molecule has 0 aromatic heterocycles. The average molecular weight is 382 g/mol. The Morgan fingerprint density at radius 2 is 2.04 bits per heavy atom. The molecule has 9 heteroatoms. The number of fused-ring (bicyclic) bond motifs is 1. The maximum absolute atomic E-state index is 12.4. The zero-order valence-corrected chi connectivity index (χ0v) is 15.8. The smallest absolute Gasteiger partial charge is 0.321 e. The van der Waals surface area contributed by atoms with Crippen LogP contribution in [0.1, 0.15) is 20.3 Å². The van der Waals surface area contributed by atoms with Crippen LogP contribution in [0, 0.1) is 5.92 Å². The van der Waals surface area contributed by atoms with Gasteiger partial charge in [-0.25, -0.2) is 4.79 Å². The van der Waals surface area contributed by atoms with Crippen molar-refractivity contribution in [2.24, 2.45) is 5.92 Å². The van der Waals surface area contributed by atoms with Crippen LogP contribution in [0.5, 0.6) is 5.75 Å². The predicted molar refractivity (Wildman–Crippen MR) is 101 cm³/mol. The van der Waals surface area contributed by atoms with Crippen LogP contribution >= 0.6 is 11.6 Å². The summed E-state index contributed by atoms with van der Waals surface area (Å²) in [5, 5.41) is 5.84. The van der Waals surface area contributed by atoms with E-state index in [1.54, 1.807) is 24.1 Å². The summed E-state index contributed by atoms with van der Waals surface area (Å²) in [5.74, 6) is 0.619. The first-order chi connectivity index (χ1) is 12.3. The van der Waals surface area contributed by atoms with E-state index in [2.05, 4.69) is 35.3 Å². The highest BCUT2D eigenvalue weighted by atomic mass is 35.5. The third-order valence-electron chi connectivity index (χ3n) is 4.88. The molecule has 0 aliphatic carbocycles. The second kappa shape index (κ2) is 7.69. The first kappa shape index (κ1) is 18.8. The van der Waals surface area contributed by atoms with E-state index < -0.39 is 0 Å². The molecule has 2 aliphatic heterocycles. The van der Waals surface area contributed by atoms with Gasteiger partial charge >= 0.3 is 6.03 Å². The summed E-state index contributed by atoms with van der Waals surface area (Å²) in [7, 11) is 1.76. The molecule has 26 heavy (non-hydrogen) atoms. The minimum atomic E-state index is -0.254. The first-order valence-electron chi connectivity index (χ1n) is 8.64. The van der Waals surface area contributed by atoms with E-state index in [1.807, 2.05) is 0 Å². The van der Waals surface area contributed by atoms with E-state index in [-0.39, 0.29) is 18.5 Å². The van der Waals surface area contributed by atoms with Gasteiger partial charge in [-0.3, -0.25) is 15.6 Å². The van der Waals surface area contributed by atoms with E-state index in [9.17, 15) is 9.59 Å². The molecule has 142 valence electrons. The molecule has 0 saturated carbocycles. The monoisotopic (exact) mass is 381 g/mol. The molecule has 1 fully saturated rings. The SMILES string of the molecule is CC1NNC(C)C1CCN(C)C(=O)Nc1cc(Cl)c2c(c1)NC(=O)CO2. The lowest BCUT2D eigenvalue weighted by Gasteiger charge is -2.24. The number of hydrogen-bond acceptors (Lipinski definition) is 5. The van der Waals surface area contributed by atoms with Crippen molar-refractivity contribution in [1.82, 2.24) is 15.8 Å². The minimum absolute atomic E-state index is 0.0666. The minimum Gasteiger partial charge on any atom is -0.480 e. The Morgan fingerprint density at radius 1 is 1.35 bits per heavy atom. The average Bonchev–Trinajstić information content (AvgIpc) is 2.90. The van der Waals surface area contributed by atoms with Gasteiger partial charge < -0.3 is 20.3 Å². The molecule has 2 heterocycles. The summed E-state index contributed by atoms with van der Waals surface area (Å²) in [6, 6.07) is 3.75. The molecular formula is C17H24ClN5O3. The molecular weight excluding hydrogens is 358 g/mol. The van der Waals surface area contributed by atoms with Crippen molar-refractivity contribution in [3.63, 3.8) is 0 Å². The van der Waals surface area contributed by atoms with Gasteiger partial charge in [-0.1, -0.05) is 11.6 Å². The second-order valence-electron chi connectivity index (χ2n) is 6.84. The summed E-state index contributed by atoms with van der Waals surface area (Å²) < 4.78 is 5.31. The number of urea groups is 1. The Bertz CT molecular complexity index is 704. The normalized spacial score (nSPS) is 24.5. The van der Waals surface area contributed by atoms with Crippen molar-refractivity contribution >= 4 is 34.9 Å². The number of carbonyl (C=O) groups is 2. The number of nitrogens with one attached hydrogen (secondary N) is 4. The molecule has 3 rings (SSSR count). The second-order valence-corrected chi connectivity index (χ2v) is 7.25. The van der Waals surface area contributed by atoms with Crippen LogP contribution in [0.15, 0.2) is 12.1 Å². The number of amides is 3. The van der Waals surface area contributed by atoms with Crippen LogP contribution in [0.25, 0.3) is 0 Å². The highest BCUT2D eigenvalue weighted by Crippen LogP contribution is 2.38. The summed E-state index contributed by atoms with van der Waals surface area (Å²) in [6.45, 7) is 4.83. The lowest BCUT2D eigenvalue weighted by molar-refractivity contribution is -0.118. The third-order valence-corrected chi connectivity index (χ3v) is 5.16. The van der Waals surface area contributed by atoms with Gasteiger partial charge in [-0.15, -0.1) is 0 Å². The molecule has 0 bridgehead atoms. The Morgan fingerprint density at radius 3 is 2.73 bits per heavy atom. The van der Waals surface area contributed by atoms with Gasteiger partial charge in [0.05, 0.1) is 10.7 Å². The number of ether oxygens (including phenoxy) is 1. The molecule has 1 aromatic rings. The van der Waals surface area contributed by atoms with E-state index in [0.717, 1.165) is 6.42 Å². The maximum atomic E-state index is 12.4. The van der Waals surface area contributed by atoms with Crippen LogP contribution in [0.3, 0.4) is 0 Å². The van der Waals surface area contributed by atoms with Crippen molar-refractivity contribution < 1.29 is 14.3 Å². The largest absolute Gasteiger partial charge is 0.480 e. The lowest BCUT2D eigenvalue weighted by atomic mass is 9.93. The fourth-order valence-corrected chi connectivity index (χ4v) is 3.58. The molecule has 1 aromatic carbocycles. The van der Waals surface area contributed by atoms with Gasteiger partial charge in [0.25, 0.3) is 5.91 Å². The van der Waals surface area contributed by atoms with Gasteiger partial charge in [-0.2, -0.15) is 0 Å². The van der Waals surface area contributed by atoms with Crippen LogP contribution in [-0.2, 0) is 4.79 Å². The van der Waals surface area contributed by atoms with Crippen molar-refractivity contribution in [3.05, 3.63) is 17.2 Å². The van der Waals surface area contributed by atoms with Crippen molar-refractivity contribution in [3.8, 4) is 5.75 Å². The summed E-state index contributed by atoms with van der Waals surface area (Å²) in [4.78, 5) is 25.5. The Hall–Kier alpha value is -2.03. The summed E-state index contributed by atoms with van der Waals surface area (Å²) in [5.41, 5.74) is 7.40. The van der Waals surface area contributed by atoms with E-state index in [0.29, 0.717) is 46.7 Å². The molecule has 0 radical (unpaired) electrons. The van der Waals surface area contributed by atoms with Crippen molar-refractivity contribution in [1.29, 1.82) is 0 Å². The van der Waals surface area contributed by atoms with Crippen molar-refractivity contribution in [2.45, 2.75) is 32.4 Å². The predicted octanol–water partition coefficient (Wildman–Crippen LogP) is 2.03. The molecule has 2 atom stereocenters. The summed E-state index contributed by atoms with van der Waals surface area (Å²) >= 11 is 6.18. The highest BCUT2D eigenvalue weighted by molar-refractivity contribution is 6.33. The van der Waals surface area contributed by atoms with Crippen molar-refractivity contribution in [2.75, 3.05) is 30.8 Å². The van der Waals surface area contributed by atoms with Gasteiger partial charge in [0.2, 0.25) is 0 Å². The Labute approximate surface area is 157 Å².